The van der Waals surface area contributed by atoms with Gasteiger partial charge in [0.25, 0.3) is 0 Å². The third-order valence-corrected chi connectivity index (χ3v) is 4.34. The lowest BCUT2D eigenvalue weighted by molar-refractivity contribution is 0.0601. The fourth-order valence-corrected chi connectivity index (χ4v) is 3.16. The van der Waals surface area contributed by atoms with Gasteiger partial charge in [0.2, 0.25) is 0 Å². The van der Waals surface area contributed by atoms with Gasteiger partial charge in [-0.2, -0.15) is 0 Å². The molecule has 1 N–H and O–H groups in total. The molecule has 122 valence electrons. The quantitative estimate of drug-likeness (QED) is 0.520. The van der Waals surface area contributed by atoms with Gasteiger partial charge >= 0.3 is 5.97 Å². The number of hydrogen-bond acceptors (Lipinski definition) is 2. The van der Waals surface area contributed by atoms with Crippen LogP contribution in [0.15, 0.2) is 78.9 Å². The Morgan fingerprint density at radius 3 is 2.12 bits per heavy atom. The predicted molar refractivity (Wildman–Crippen MR) is 101 cm³/mol. The molecule has 0 fully saturated rings. The van der Waals surface area contributed by atoms with Gasteiger partial charge in [-0.25, -0.2) is 4.79 Å². The van der Waals surface area contributed by atoms with E-state index in [1.165, 1.54) is 7.11 Å². The number of hydrogen-bond donors (Lipinski definition) is 1. The summed E-state index contributed by atoms with van der Waals surface area (Å²) in [4.78, 5) is 15.5. The average molecular weight is 327 g/mol. The maximum atomic E-state index is 11.9. The highest BCUT2D eigenvalue weighted by atomic mass is 16.5. The molecule has 0 amide bonds. The first kappa shape index (κ1) is 15.2. The van der Waals surface area contributed by atoms with Gasteiger partial charge in [-0.1, -0.05) is 60.7 Å². The molecule has 1 heterocycles. The SMILES string of the molecule is COC(=O)c1ccc2[nH]c(-c3ccccc3)c(-c3ccccc3)c2c1. The first-order chi connectivity index (χ1) is 12.3. The average Bonchev–Trinajstić information content (AvgIpc) is 3.07. The van der Waals surface area contributed by atoms with Gasteiger partial charge in [-0.3, -0.25) is 0 Å². The minimum absolute atomic E-state index is 0.330. The van der Waals surface area contributed by atoms with E-state index in [0.717, 1.165) is 33.3 Å². The number of rotatable bonds is 3. The normalized spacial score (nSPS) is 10.8. The molecule has 0 bridgehead atoms. The number of aromatic amines is 1. The van der Waals surface area contributed by atoms with Crippen molar-refractivity contribution in [3.05, 3.63) is 84.4 Å². The second-order valence-electron chi connectivity index (χ2n) is 5.86. The molecule has 0 aliphatic rings. The Bertz CT molecular complexity index is 1030. The summed E-state index contributed by atoms with van der Waals surface area (Å²) in [6, 6.07) is 26.0. The lowest BCUT2D eigenvalue weighted by atomic mass is 9.97. The fourth-order valence-electron chi connectivity index (χ4n) is 3.16. The van der Waals surface area contributed by atoms with Crippen molar-refractivity contribution >= 4 is 16.9 Å². The van der Waals surface area contributed by atoms with E-state index in [0.29, 0.717) is 5.56 Å². The molecule has 4 aromatic rings. The zero-order valence-electron chi connectivity index (χ0n) is 13.8. The van der Waals surface area contributed by atoms with E-state index in [1.54, 1.807) is 6.07 Å². The van der Waals surface area contributed by atoms with Crippen LogP contribution < -0.4 is 0 Å². The maximum absolute atomic E-state index is 11.9. The molecule has 3 heteroatoms. The molecule has 0 saturated heterocycles. The minimum Gasteiger partial charge on any atom is -0.465 e. The van der Waals surface area contributed by atoms with Crippen LogP contribution in [0.5, 0.6) is 0 Å². The molecule has 0 unspecified atom stereocenters. The van der Waals surface area contributed by atoms with E-state index in [9.17, 15) is 4.79 Å². The van der Waals surface area contributed by atoms with Crippen LogP contribution in [0.1, 0.15) is 10.4 Å². The van der Waals surface area contributed by atoms with Gasteiger partial charge in [-0.15, -0.1) is 0 Å². The van der Waals surface area contributed by atoms with E-state index in [2.05, 4.69) is 29.2 Å². The smallest absolute Gasteiger partial charge is 0.337 e. The van der Waals surface area contributed by atoms with Gasteiger partial charge in [0.15, 0.2) is 0 Å². The first-order valence-corrected chi connectivity index (χ1v) is 8.13. The predicted octanol–water partition coefficient (Wildman–Crippen LogP) is 5.29. The molecule has 25 heavy (non-hydrogen) atoms. The molecular weight excluding hydrogens is 310 g/mol. The van der Waals surface area contributed by atoms with Crippen LogP contribution in [0.25, 0.3) is 33.3 Å². The summed E-state index contributed by atoms with van der Waals surface area (Å²) in [5.74, 6) is -0.330. The second kappa shape index (κ2) is 6.29. The van der Waals surface area contributed by atoms with Crippen molar-refractivity contribution in [2.24, 2.45) is 0 Å². The number of esters is 1. The Kier molecular flexibility index (Phi) is 3.82. The molecular formula is C22H17NO2. The molecule has 0 aliphatic heterocycles. The van der Waals surface area contributed by atoms with Crippen LogP contribution >= 0.6 is 0 Å². The summed E-state index contributed by atoms with van der Waals surface area (Å²) >= 11 is 0. The number of benzene rings is 3. The number of ether oxygens (including phenoxy) is 1. The summed E-state index contributed by atoms with van der Waals surface area (Å²) in [7, 11) is 1.40. The largest absolute Gasteiger partial charge is 0.465 e. The van der Waals surface area contributed by atoms with E-state index in [4.69, 9.17) is 4.74 Å². The van der Waals surface area contributed by atoms with Gasteiger partial charge in [0.1, 0.15) is 0 Å². The zero-order valence-corrected chi connectivity index (χ0v) is 13.8. The lowest BCUT2D eigenvalue weighted by Crippen LogP contribution is -2.00. The molecule has 3 aromatic carbocycles. The number of H-pyrrole nitrogens is 1. The van der Waals surface area contributed by atoms with Crippen molar-refractivity contribution < 1.29 is 9.53 Å². The van der Waals surface area contributed by atoms with E-state index in [1.807, 2.05) is 48.5 Å². The Morgan fingerprint density at radius 2 is 1.48 bits per heavy atom. The van der Waals surface area contributed by atoms with E-state index in [-0.39, 0.29) is 5.97 Å². The molecule has 0 aliphatic carbocycles. The molecule has 3 nitrogen and oxygen atoms in total. The van der Waals surface area contributed by atoms with Crippen molar-refractivity contribution in [1.82, 2.24) is 4.98 Å². The van der Waals surface area contributed by atoms with Crippen molar-refractivity contribution in [2.45, 2.75) is 0 Å². The van der Waals surface area contributed by atoms with E-state index < -0.39 is 0 Å². The number of carbonyl (C=O) groups is 1. The highest BCUT2D eigenvalue weighted by Gasteiger charge is 2.16. The summed E-state index contributed by atoms with van der Waals surface area (Å²) in [5, 5.41) is 1.01. The van der Waals surface area contributed by atoms with E-state index >= 15 is 0 Å². The number of fused-ring (bicyclic) bond motifs is 1. The van der Waals surface area contributed by atoms with Crippen LogP contribution in [0.4, 0.5) is 0 Å². The lowest BCUT2D eigenvalue weighted by Gasteiger charge is -2.06. The molecule has 0 atom stereocenters. The highest BCUT2D eigenvalue weighted by Crippen LogP contribution is 2.38. The topological polar surface area (TPSA) is 42.1 Å². The molecule has 0 radical (unpaired) electrons. The van der Waals surface area contributed by atoms with Crippen LogP contribution in [-0.2, 0) is 4.74 Å². The molecule has 4 rings (SSSR count). The van der Waals surface area contributed by atoms with Crippen molar-refractivity contribution in [3.63, 3.8) is 0 Å². The molecule has 1 aromatic heterocycles. The van der Waals surface area contributed by atoms with Crippen LogP contribution in [-0.4, -0.2) is 18.1 Å². The van der Waals surface area contributed by atoms with Crippen molar-refractivity contribution in [1.29, 1.82) is 0 Å². The van der Waals surface area contributed by atoms with Crippen LogP contribution in [0.3, 0.4) is 0 Å². The summed E-state index contributed by atoms with van der Waals surface area (Å²) in [6.07, 6.45) is 0. The number of nitrogens with one attached hydrogen (secondary N) is 1. The Balaban J connectivity index is 2.03. The Hall–Kier alpha value is -3.33. The third-order valence-electron chi connectivity index (χ3n) is 4.34. The number of carbonyl (C=O) groups excluding carboxylic acids is 1. The van der Waals surface area contributed by atoms with Gasteiger partial charge in [0.05, 0.1) is 18.4 Å². The standard InChI is InChI=1S/C22H17NO2/c1-25-22(24)17-12-13-19-18(14-17)20(15-8-4-2-5-9-15)21(23-19)16-10-6-3-7-11-16/h2-14,23H,1H3. The summed E-state index contributed by atoms with van der Waals surface area (Å²) in [5.41, 5.74) is 5.89. The first-order valence-electron chi connectivity index (χ1n) is 8.13. The fraction of sp³-hybridized carbons (Fsp3) is 0.0455. The zero-order chi connectivity index (χ0) is 17.2. The molecule has 0 spiro atoms. The number of methoxy groups -OCH3 is 1. The van der Waals surface area contributed by atoms with Crippen LogP contribution in [0.2, 0.25) is 0 Å². The molecule has 0 saturated carbocycles. The second-order valence-corrected chi connectivity index (χ2v) is 5.86. The maximum Gasteiger partial charge on any atom is 0.337 e. The number of aromatic nitrogens is 1. The van der Waals surface area contributed by atoms with Crippen molar-refractivity contribution in [2.75, 3.05) is 7.11 Å². The van der Waals surface area contributed by atoms with Crippen LogP contribution in [0, 0.1) is 0 Å². The van der Waals surface area contributed by atoms with Gasteiger partial charge in [-0.05, 0) is 29.3 Å². The van der Waals surface area contributed by atoms with Gasteiger partial charge < -0.3 is 9.72 Å². The highest BCUT2D eigenvalue weighted by molar-refractivity contribution is 6.06. The minimum atomic E-state index is -0.330. The summed E-state index contributed by atoms with van der Waals surface area (Å²) < 4.78 is 4.87. The monoisotopic (exact) mass is 327 g/mol. The van der Waals surface area contributed by atoms with Crippen molar-refractivity contribution in [3.8, 4) is 22.4 Å². The third kappa shape index (κ3) is 2.70. The Morgan fingerprint density at radius 1 is 0.840 bits per heavy atom. The Labute approximate surface area is 145 Å². The summed E-state index contributed by atoms with van der Waals surface area (Å²) in [6.45, 7) is 0. The van der Waals surface area contributed by atoms with Gasteiger partial charge in [0, 0.05) is 16.5 Å².